The molecule has 0 bridgehead atoms. The highest BCUT2D eigenvalue weighted by Gasteiger charge is 2.20. The highest BCUT2D eigenvalue weighted by Crippen LogP contribution is 2.23. The van der Waals surface area contributed by atoms with E-state index in [4.69, 9.17) is 11.6 Å². The second-order valence-corrected chi connectivity index (χ2v) is 5.83. The monoisotopic (exact) mass is 308 g/mol. The molecule has 2 N–H and O–H groups in total. The van der Waals surface area contributed by atoms with Crippen LogP contribution in [0.2, 0.25) is 5.02 Å². The molecule has 1 saturated carbocycles. The largest absolute Gasteiger partial charge is 0.354 e. The molecule has 4 nitrogen and oxygen atoms in total. The third kappa shape index (κ3) is 5.05. The Balaban J connectivity index is 1.67. The van der Waals surface area contributed by atoms with Crippen LogP contribution in [0.15, 0.2) is 24.3 Å². The predicted octanol–water partition coefficient (Wildman–Crippen LogP) is 2.77. The maximum Gasteiger partial charge on any atom is 0.251 e. The van der Waals surface area contributed by atoms with E-state index >= 15 is 0 Å². The number of hydrogen-bond donors (Lipinski definition) is 2. The average molecular weight is 309 g/mol. The van der Waals surface area contributed by atoms with E-state index in [1.54, 1.807) is 24.3 Å². The van der Waals surface area contributed by atoms with Gasteiger partial charge in [0.05, 0.1) is 0 Å². The molecule has 0 heterocycles. The minimum atomic E-state index is -0.176. The van der Waals surface area contributed by atoms with Crippen molar-refractivity contribution in [1.82, 2.24) is 10.6 Å². The molecule has 0 radical (unpaired) electrons. The lowest BCUT2D eigenvalue weighted by molar-refractivity contribution is -0.125. The zero-order valence-corrected chi connectivity index (χ0v) is 12.8. The fourth-order valence-electron chi connectivity index (χ4n) is 2.60. The van der Waals surface area contributed by atoms with Gasteiger partial charge in [0.1, 0.15) is 0 Å². The number of carbonyl (C=O) groups excluding carboxylic acids is 2. The van der Waals surface area contributed by atoms with Gasteiger partial charge in [-0.3, -0.25) is 9.59 Å². The average Bonchev–Trinajstić information content (AvgIpc) is 2.52. The molecular weight excluding hydrogens is 288 g/mol. The lowest BCUT2D eigenvalue weighted by Crippen LogP contribution is -2.38. The molecule has 1 aliphatic carbocycles. The summed E-state index contributed by atoms with van der Waals surface area (Å²) in [6.07, 6.45) is 5.49. The van der Waals surface area contributed by atoms with Gasteiger partial charge in [-0.15, -0.1) is 0 Å². The Bertz CT molecular complexity index is 499. The van der Waals surface area contributed by atoms with Crippen LogP contribution >= 0.6 is 11.6 Å². The third-order valence-corrected chi connectivity index (χ3v) is 4.01. The Morgan fingerprint density at radius 3 is 2.52 bits per heavy atom. The minimum Gasteiger partial charge on any atom is -0.354 e. The van der Waals surface area contributed by atoms with Crippen LogP contribution in [0.1, 0.15) is 42.5 Å². The zero-order chi connectivity index (χ0) is 15.1. The van der Waals surface area contributed by atoms with E-state index < -0.39 is 0 Å². The molecule has 1 aromatic carbocycles. The van der Waals surface area contributed by atoms with Gasteiger partial charge in [0.25, 0.3) is 5.91 Å². The van der Waals surface area contributed by atoms with E-state index in [0.29, 0.717) is 23.7 Å². The van der Waals surface area contributed by atoms with Gasteiger partial charge in [-0.25, -0.2) is 0 Å². The van der Waals surface area contributed by atoms with Crippen molar-refractivity contribution in [2.24, 2.45) is 5.92 Å². The van der Waals surface area contributed by atoms with Gasteiger partial charge in [0.2, 0.25) is 5.91 Å². The molecule has 21 heavy (non-hydrogen) atoms. The molecule has 2 amide bonds. The molecular formula is C16H21ClN2O2. The highest BCUT2D eigenvalue weighted by atomic mass is 35.5. The van der Waals surface area contributed by atoms with E-state index in [1.807, 2.05) is 0 Å². The summed E-state index contributed by atoms with van der Waals surface area (Å²) < 4.78 is 0. The SMILES string of the molecule is O=C(NCCNC(=O)C1CCCCC1)c1cccc(Cl)c1. The van der Waals surface area contributed by atoms with E-state index in [2.05, 4.69) is 10.6 Å². The number of benzene rings is 1. The summed E-state index contributed by atoms with van der Waals surface area (Å²) in [5, 5.41) is 6.20. The van der Waals surface area contributed by atoms with Crippen molar-refractivity contribution < 1.29 is 9.59 Å². The molecule has 0 aliphatic heterocycles. The van der Waals surface area contributed by atoms with E-state index in [0.717, 1.165) is 25.7 Å². The van der Waals surface area contributed by atoms with Gasteiger partial charge in [0, 0.05) is 29.6 Å². The Kier molecular flexibility index (Phi) is 6.05. The standard InChI is InChI=1S/C16H21ClN2O2/c17-14-8-4-7-13(11-14)16(21)19-10-9-18-15(20)12-5-2-1-3-6-12/h4,7-8,11-12H,1-3,5-6,9-10H2,(H,18,20)(H,19,21). The fourth-order valence-corrected chi connectivity index (χ4v) is 2.79. The molecule has 1 aromatic rings. The molecule has 0 spiro atoms. The quantitative estimate of drug-likeness (QED) is 0.822. The molecule has 1 aliphatic rings. The molecule has 0 saturated heterocycles. The van der Waals surface area contributed by atoms with Gasteiger partial charge in [-0.05, 0) is 31.0 Å². The van der Waals surface area contributed by atoms with E-state index in [9.17, 15) is 9.59 Å². The summed E-state index contributed by atoms with van der Waals surface area (Å²) in [4.78, 5) is 23.8. The summed E-state index contributed by atoms with van der Waals surface area (Å²) in [5.41, 5.74) is 0.529. The maximum atomic E-state index is 11.9. The summed E-state index contributed by atoms with van der Waals surface area (Å²) in [6.45, 7) is 0.880. The first-order valence-corrected chi connectivity index (χ1v) is 7.86. The summed E-state index contributed by atoms with van der Waals surface area (Å²) >= 11 is 5.84. The van der Waals surface area contributed by atoms with Crippen molar-refractivity contribution in [2.45, 2.75) is 32.1 Å². The van der Waals surface area contributed by atoms with Crippen molar-refractivity contribution in [3.8, 4) is 0 Å². The second-order valence-electron chi connectivity index (χ2n) is 5.39. The Morgan fingerprint density at radius 1 is 1.10 bits per heavy atom. The van der Waals surface area contributed by atoms with Crippen LogP contribution in [-0.2, 0) is 4.79 Å². The van der Waals surface area contributed by atoms with Crippen molar-refractivity contribution >= 4 is 23.4 Å². The Morgan fingerprint density at radius 2 is 1.81 bits per heavy atom. The molecule has 2 rings (SSSR count). The predicted molar refractivity (Wildman–Crippen MR) is 83.4 cm³/mol. The first-order valence-electron chi connectivity index (χ1n) is 7.48. The van der Waals surface area contributed by atoms with Crippen LogP contribution in [0.25, 0.3) is 0 Å². The van der Waals surface area contributed by atoms with E-state index in [1.165, 1.54) is 6.42 Å². The topological polar surface area (TPSA) is 58.2 Å². The van der Waals surface area contributed by atoms with Gasteiger partial charge < -0.3 is 10.6 Å². The third-order valence-electron chi connectivity index (χ3n) is 3.77. The first-order chi connectivity index (χ1) is 10.2. The lowest BCUT2D eigenvalue weighted by Gasteiger charge is -2.20. The lowest BCUT2D eigenvalue weighted by atomic mass is 9.89. The fraction of sp³-hybridized carbons (Fsp3) is 0.500. The number of amides is 2. The van der Waals surface area contributed by atoms with Crippen LogP contribution in [0.4, 0.5) is 0 Å². The second kappa shape index (κ2) is 8.03. The maximum absolute atomic E-state index is 11.9. The highest BCUT2D eigenvalue weighted by molar-refractivity contribution is 6.30. The zero-order valence-electron chi connectivity index (χ0n) is 12.0. The number of rotatable bonds is 5. The number of halogens is 1. The van der Waals surface area contributed by atoms with Crippen molar-refractivity contribution in [3.63, 3.8) is 0 Å². The van der Waals surface area contributed by atoms with Gasteiger partial charge in [-0.2, -0.15) is 0 Å². The van der Waals surface area contributed by atoms with Crippen LogP contribution in [0.3, 0.4) is 0 Å². The molecule has 1 fully saturated rings. The molecule has 5 heteroatoms. The minimum absolute atomic E-state index is 0.117. The first kappa shape index (κ1) is 15.8. The normalized spacial score (nSPS) is 15.5. The molecule has 0 unspecified atom stereocenters. The summed E-state index contributed by atoms with van der Waals surface area (Å²) in [7, 11) is 0. The van der Waals surface area contributed by atoms with Crippen LogP contribution in [0, 0.1) is 5.92 Å². The Labute approximate surface area is 130 Å². The number of hydrogen-bond acceptors (Lipinski definition) is 2. The number of nitrogens with one attached hydrogen (secondary N) is 2. The van der Waals surface area contributed by atoms with E-state index in [-0.39, 0.29) is 17.7 Å². The van der Waals surface area contributed by atoms with Crippen molar-refractivity contribution in [3.05, 3.63) is 34.9 Å². The molecule has 0 atom stereocenters. The van der Waals surface area contributed by atoms with Gasteiger partial charge in [-0.1, -0.05) is 36.9 Å². The van der Waals surface area contributed by atoms with Crippen molar-refractivity contribution in [2.75, 3.05) is 13.1 Å². The molecule has 114 valence electrons. The molecule has 0 aromatic heterocycles. The Hall–Kier alpha value is -1.55. The van der Waals surface area contributed by atoms with Crippen molar-refractivity contribution in [1.29, 1.82) is 0 Å². The van der Waals surface area contributed by atoms with Crippen LogP contribution < -0.4 is 10.6 Å². The number of carbonyl (C=O) groups is 2. The van der Waals surface area contributed by atoms with Gasteiger partial charge >= 0.3 is 0 Å². The van der Waals surface area contributed by atoms with Gasteiger partial charge in [0.15, 0.2) is 0 Å². The summed E-state index contributed by atoms with van der Waals surface area (Å²) in [6, 6.07) is 6.80. The van der Waals surface area contributed by atoms with Crippen LogP contribution in [-0.4, -0.2) is 24.9 Å². The van der Waals surface area contributed by atoms with Crippen LogP contribution in [0.5, 0.6) is 0 Å². The smallest absolute Gasteiger partial charge is 0.251 e. The summed E-state index contributed by atoms with van der Waals surface area (Å²) in [5.74, 6) is 0.0958.